The number of nitrogens with zero attached hydrogens (tertiary/aromatic N) is 2. The van der Waals surface area contributed by atoms with Gasteiger partial charge in [-0.25, -0.2) is 0 Å². The van der Waals surface area contributed by atoms with Crippen molar-refractivity contribution in [2.24, 2.45) is 5.84 Å². The molecular weight excluding hydrogens is 252 g/mol. The van der Waals surface area contributed by atoms with Crippen molar-refractivity contribution in [1.29, 1.82) is 0 Å². The van der Waals surface area contributed by atoms with Crippen LogP contribution < -0.4 is 11.3 Å². The fourth-order valence-corrected chi connectivity index (χ4v) is 3.49. The quantitative estimate of drug-likeness (QED) is 0.617. The third-order valence-electron chi connectivity index (χ3n) is 4.64. The van der Waals surface area contributed by atoms with Crippen LogP contribution >= 0.6 is 0 Å². The molecule has 0 radical (unpaired) electrons. The van der Waals surface area contributed by atoms with Crippen molar-refractivity contribution in [2.45, 2.75) is 70.6 Å². The highest BCUT2D eigenvalue weighted by atomic mass is 16.5. The Bertz CT molecular complexity index is 424. The molecule has 1 aliphatic carbocycles. The van der Waals surface area contributed by atoms with Crippen molar-refractivity contribution in [1.82, 2.24) is 15.2 Å². The van der Waals surface area contributed by atoms with Crippen LogP contribution in [0.1, 0.15) is 50.4 Å². The van der Waals surface area contributed by atoms with Gasteiger partial charge in [0.05, 0.1) is 17.3 Å². The van der Waals surface area contributed by atoms with Gasteiger partial charge < -0.3 is 4.74 Å². The molecule has 20 heavy (non-hydrogen) atoms. The second-order valence-electron chi connectivity index (χ2n) is 5.85. The number of hydrogen-bond donors (Lipinski definition) is 2. The summed E-state index contributed by atoms with van der Waals surface area (Å²) in [5.41, 5.74) is 5.17. The molecule has 0 aliphatic heterocycles. The van der Waals surface area contributed by atoms with Crippen molar-refractivity contribution < 1.29 is 4.74 Å². The predicted octanol–water partition coefficient (Wildman–Crippen LogP) is 1.94. The van der Waals surface area contributed by atoms with Gasteiger partial charge in [-0.1, -0.05) is 19.3 Å². The van der Waals surface area contributed by atoms with Crippen LogP contribution in [-0.2, 0) is 17.7 Å². The van der Waals surface area contributed by atoms with Gasteiger partial charge in [-0.2, -0.15) is 5.10 Å². The van der Waals surface area contributed by atoms with E-state index in [0.717, 1.165) is 31.5 Å². The number of rotatable bonds is 6. The number of aryl methyl sites for hydroxylation is 2. The van der Waals surface area contributed by atoms with E-state index in [-0.39, 0.29) is 11.6 Å². The lowest BCUT2D eigenvalue weighted by atomic mass is 9.78. The Hall–Kier alpha value is -0.910. The second-order valence-corrected chi connectivity index (χ2v) is 5.85. The first-order valence-corrected chi connectivity index (χ1v) is 7.70. The molecule has 1 heterocycles. The molecule has 1 aliphatic rings. The molecule has 114 valence electrons. The van der Waals surface area contributed by atoms with Gasteiger partial charge in [-0.05, 0) is 32.8 Å². The zero-order valence-corrected chi connectivity index (χ0v) is 13.0. The molecule has 3 N–H and O–H groups in total. The largest absolute Gasteiger partial charge is 0.377 e. The van der Waals surface area contributed by atoms with Crippen molar-refractivity contribution in [3.05, 3.63) is 17.5 Å². The number of methoxy groups -OCH3 is 1. The summed E-state index contributed by atoms with van der Waals surface area (Å²) in [5, 5.41) is 4.52. The average Bonchev–Trinajstić information content (AvgIpc) is 2.85. The van der Waals surface area contributed by atoms with Crippen LogP contribution in [0.4, 0.5) is 0 Å². The van der Waals surface area contributed by atoms with Crippen molar-refractivity contribution in [3.63, 3.8) is 0 Å². The Morgan fingerprint density at radius 2 is 2.15 bits per heavy atom. The summed E-state index contributed by atoms with van der Waals surface area (Å²) in [7, 11) is 1.82. The topological polar surface area (TPSA) is 65.1 Å². The summed E-state index contributed by atoms with van der Waals surface area (Å²) in [6.45, 7) is 5.04. The van der Waals surface area contributed by atoms with Crippen molar-refractivity contribution in [3.8, 4) is 0 Å². The molecular formula is C15H28N4O. The SMILES string of the molecule is CCn1nc(C)cc1CC(NN)C1(OC)CCCCC1. The van der Waals surface area contributed by atoms with Gasteiger partial charge in [-0.15, -0.1) is 0 Å². The fraction of sp³-hybridized carbons (Fsp3) is 0.800. The van der Waals surface area contributed by atoms with Crippen LogP contribution in [0.15, 0.2) is 6.07 Å². The monoisotopic (exact) mass is 280 g/mol. The molecule has 1 fully saturated rings. The van der Waals surface area contributed by atoms with E-state index >= 15 is 0 Å². The normalized spacial score (nSPS) is 20.0. The lowest BCUT2D eigenvalue weighted by molar-refractivity contribution is -0.0677. The average molecular weight is 280 g/mol. The van der Waals surface area contributed by atoms with Gasteiger partial charge in [0.2, 0.25) is 0 Å². The van der Waals surface area contributed by atoms with Crippen LogP contribution in [0.25, 0.3) is 0 Å². The van der Waals surface area contributed by atoms with Gasteiger partial charge >= 0.3 is 0 Å². The highest BCUT2D eigenvalue weighted by Gasteiger charge is 2.40. The molecule has 0 aromatic carbocycles. The minimum Gasteiger partial charge on any atom is -0.377 e. The molecule has 1 aromatic heterocycles. The van der Waals surface area contributed by atoms with Crippen molar-refractivity contribution in [2.75, 3.05) is 7.11 Å². The van der Waals surface area contributed by atoms with E-state index in [2.05, 4.69) is 28.2 Å². The van der Waals surface area contributed by atoms with Crippen LogP contribution in [-0.4, -0.2) is 28.5 Å². The molecule has 0 bridgehead atoms. The Kier molecular flexibility index (Phi) is 5.18. The molecule has 1 atom stereocenters. The number of ether oxygens (including phenoxy) is 1. The van der Waals surface area contributed by atoms with E-state index in [0.29, 0.717) is 0 Å². The fourth-order valence-electron chi connectivity index (χ4n) is 3.49. The van der Waals surface area contributed by atoms with E-state index in [1.807, 2.05) is 14.0 Å². The Labute approximate surface area is 121 Å². The van der Waals surface area contributed by atoms with Gasteiger partial charge in [-0.3, -0.25) is 16.0 Å². The highest BCUT2D eigenvalue weighted by Crippen LogP contribution is 2.35. The second kappa shape index (κ2) is 6.70. The maximum Gasteiger partial charge on any atom is 0.0848 e. The molecule has 1 unspecified atom stereocenters. The summed E-state index contributed by atoms with van der Waals surface area (Å²) < 4.78 is 7.97. The standard InChI is InChI=1S/C15H28N4O/c1-4-19-13(10-12(2)18-19)11-14(17-16)15(20-3)8-6-5-7-9-15/h10,14,17H,4-9,11,16H2,1-3H3. The minimum atomic E-state index is -0.135. The third-order valence-corrected chi connectivity index (χ3v) is 4.64. The molecule has 1 saturated carbocycles. The molecule has 5 heteroatoms. The zero-order valence-electron chi connectivity index (χ0n) is 13.0. The maximum absolute atomic E-state index is 5.91. The Balaban J connectivity index is 2.18. The first-order valence-electron chi connectivity index (χ1n) is 7.70. The third kappa shape index (κ3) is 3.05. The molecule has 5 nitrogen and oxygen atoms in total. The van der Waals surface area contributed by atoms with Gasteiger partial charge in [0.25, 0.3) is 0 Å². The molecule has 0 spiro atoms. The lowest BCUT2D eigenvalue weighted by Gasteiger charge is -2.42. The lowest BCUT2D eigenvalue weighted by Crippen LogP contribution is -2.56. The summed E-state index contributed by atoms with van der Waals surface area (Å²) in [5.74, 6) is 5.85. The number of hydrazine groups is 1. The summed E-state index contributed by atoms with van der Waals surface area (Å²) >= 11 is 0. The number of aromatic nitrogens is 2. The van der Waals surface area contributed by atoms with Crippen LogP contribution in [0.5, 0.6) is 0 Å². The van der Waals surface area contributed by atoms with Gasteiger partial charge in [0, 0.05) is 25.8 Å². The van der Waals surface area contributed by atoms with E-state index in [1.54, 1.807) is 0 Å². The zero-order chi connectivity index (χ0) is 14.6. The van der Waals surface area contributed by atoms with Gasteiger partial charge in [0.1, 0.15) is 0 Å². The van der Waals surface area contributed by atoms with E-state index in [9.17, 15) is 0 Å². The Morgan fingerprint density at radius 1 is 1.45 bits per heavy atom. The van der Waals surface area contributed by atoms with E-state index < -0.39 is 0 Å². The molecule has 1 aromatic rings. The minimum absolute atomic E-state index is 0.134. The molecule has 0 saturated heterocycles. The van der Waals surface area contributed by atoms with E-state index in [1.165, 1.54) is 25.0 Å². The predicted molar refractivity (Wildman–Crippen MR) is 80.3 cm³/mol. The molecule has 2 rings (SSSR count). The number of nitrogens with one attached hydrogen (secondary N) is 1. The smallest absolute Gasteiger partial charge is 0.0848 e. The van der Waals surface area contributed by atoms with E-state index in [4.69, 9.17) is 10.6 Å². The van der Waals surface area contributed by atoms with Crippen LogP contribution in [0.2, 0.25) is 0 Å². The first-order chi connectivity index (χ1) is 9.65. The highest BCUT2D eigenvalue weighted by molar-refractivity contribution is 5.12. The number of hydrogen-bond acceptors (Lipinski definition) is 4. The van der Waals surface area contributed by atoms with Crippen LogP contribution in [0.3, 0.4) is 0 Å². The summed E-state index contributed by atoms with van der Waals surface area (Å²) in [6, 6.07) is 2.29. The maximum atomic E-state index is 5.91. The van der Waals surface area contributed by atoms with Crippen LogP contribution in [0, 0.1) is 6.92 Å². The summed E-state index contributed by atoms with van der Waals surface area (Å²) in [4.78, 5) is 0. The Morgan fingerprint density at radius 3 is 2.70 bits per heavy atom. The summed E-state index contributed by atoms with van der Waals surface area (Å²) in [6.07, 6.45) is 6.76. The first kappa shape index (κ1) is 15.5. The molecule has 0 amide bonds. The van der Waals surface area contributed by atoms with Crippen molar-refractivity contribution >= 4 is 0 Å². The van der Waals surface area contributed by atoms with Gasteiger partial charge in [0.15, 0.2) is 0 Å². The number of nitrogens with two attached hydrogens (primary N) is 1.